The van der Waals surface area contributed by atoms with Crippen LogP contribution in [-0.2, 0) is 21.4 Å². The maximum Gasteiger partial charge on any atom is 0.264 e. The summed E-state index contributed by atoms with van der Waals surface area (Å²) in [4.78, 5) is 12.7. The fourth-order valence-electron chi connectivity index (χ4n) is 2.73. The Hall–Kier alpha value is -3.12. The quantitative estimate of drug-likeness (QED) is 0.667. The second kappa shape index (κ2) is 8.71. The molecular weight excluding hydrogens is 372 g/mol. The van der Waals surface area contributed by atoms with Gasteiger partial charge in [0.2, 0.25) is 5.91 Å². The monoisotopic (exact) mass is 394 g/mol. The molecule has 0 aliphatic rings. The number of rotatable bonds is 7. The smallest absolute Gasteiger partial charge is 0.264 e. The normalized spacial score (nSPS) is 11.0. The van der Waals surface area contributed by atoms with Gasteiger partial charge in [-0.2, -0.15) is 0 Å². The number of sulfonamides is 1. The van der Waals surface area contributed by atoms with E-state index in [1.165, 1.54) is 0 Å². The Morgan fingerprint density at radius 3 is 2.04 bits per heavy atom. The lowest BCUT2D eigenvalue weighted by molar-refractivity contribution is -0.119. The molecule has 0 aromatic heterocycles. The van der Waals surface area contributed by atoms with Crippen LogP contribution in [0.25, 0.3) is 0 Å². The van der Waals surface area contributed by atoms with Gasteiger partial charge in [-0.05, 0) is 36.8 Å². The molecule has 0 atom stereocenters. The van der Waals surface area contributed by atoms with Crippen molar-refractivity contribution < 1.29 is 13.2 Å². The summed E-state index contributed by atoms with van der Waals surface area (Å²) in [7, 11) is -3.88. The fourth-order valence-corrected chi connectivity index (χ4v) is 4.15. The first-order valence-corrected chi connectivity index (χ1v) is 10.4. The highest BCUT2D eigenvalue weighted by Gasteiger charge is 2.26. The van der Waals surface area contributed by atoms with E-state index < -0.39 is 10.0 Å². The number of benzene rings is 3. The molecule has 0 saturated carbocycles. The molecule has 0 heterocycles. The van der Waals surface area contributed by atoms with Crippen molar-refractivity contribution in [2.45, 2.75) is 18.4 Å². The van der Waals surface area contributed by atoms with E-state index in [0.717, 1.165) is 15.4 Å². The number of amides is 1. The standard InChI is InChI=1S/C22H22N2O3S/c1-18-12-14-21(15-13-18)28(26,27)24(20-10-6-3-7-11-20)17-22(25)23-16-19-8-4-2-5-9-19/h2-15H,16-17H2,1H3,(H,23,25). The lowest BCUT2D eigenvalue weighted by Gasteiger charge is -2.24. The van der Waals surface area contributed by atoms with Crippen molar-refractivity contribution in [3.63, 3.8) is 0 Å². The molecule has 3 aromatic rings. The highest BCUT2D eigenvalue weighted by atomic mass is 32.2. The molecule has 0 radical (unpaired) electrons. The minimum absolute atomic E-state index is 0.151. The lowest BCUT2D eigenvalue weighted by Crippen LogP contribution is -2.40. The SMILES string of the molecule is Cc1ccc(S(=O)(=O)N(CC(=O)NCc2ccccc2)c2ccccc2)cc1. The van der Waals surface area contributed by atoms with Gasteiger partial charge < -0.3 is 5.32 Å². The van der Waals surface area contributed by atoms with Crippen LogP contribution < -0.4 is 9.62 Å². The van der Waals surface area contributed by atoms with E-state index in [4.69, 9.17) is 0 Å². The molecule has 3 rings (SSSR count). The van der Waals surface area contributed by atoms with Crippen LogP contribution in [0.2, 0.25) is 0 Å². The largest absolute Gasteiger partial charge is 0.350 e. The van der Waals surface area contributed by atoms with Crippen LogP contribution in [0.4, 0.5) is 5.69 Å². The van der Waals surface area contributed by atoms with E-state index in [-0.39, 0.29) is 17.3 Å². The molecule has 0 aliphatic heterocycles. The average molecular weight is 394 g/mol. The van der Waals surface area contributed by atoms with Crippen molar-refractivity contribution in [3.8, 4) is 0 Å². The molecule has 5 nitrogen and oxygen atoms in total. The molecule has 28 heavy (non-hydrogen) atoms. The molecule has 0 unspecified atom stereocenters. The third-order valence-corrected chi connectivity index (χ3v) is 6.06. The van der Waals surface area contributed by atoms with Gasteiger partial charge in [-0.3, -0.25) is 9.10 Å². The Balaban J connectivity index is 1.83. The number of nitrogens with one attached hydrogen (secondary N) is 1. The fraction of sp³-hybridized carbons (Fsp3) is 0.136. The summed E-state index contributed by atoms with van der Waals surface area (Å²) >= 11 is 0. The van der Waals surface area contributed by atoms with Crippen LogP contribution in [-0.4, -0.2) is 20.9 Å². The molecule has 0 aliphatic carbocycles. The first-order chi connectivity index (χ1) is 13.5. The first-order valence-electron chi connectivity index (χ1n) is 8.92. The zero-order valence-corrected chi connectivity index (χ0v) is 16.4. The Kier molecular flexibility index (Phi) is 6.11. The van der Waals surface area contributed by atoms with E-state index in [1.807, 2.05) is 37.3 Å². The van der Waals surface area contributed by atoms with Gasteiger partial charge >= 0.3 is 0 Å². The van der Waals surface area contributed by atoms with Gasteiger partial charge in [0.15, 0.2) is 0 Å². The number of nitrogens with zero attached hydrogens (tertiary/aromatic N) is 1. The summed E-state index contributed by atoms with van der Waals surface area (Å²) in [6, 6.07) is 24.7. The molecule has 0 spiro atoms. The predicted octanol–water partition coefficient (Wildman–Crippen LogP) is 3.51. The maximum absolute atomic E-state index is 13.2. The van der Waals surface area contributed by atoms with Crippen LogP contribution in [0.5, 0.6) is 0 Å². The van der Waals surface area contributed by atoms with Gasteiger partial charge in [-0.1, -0.05) is 66.2 Å². The second-order valence-corrected chi connectivity index (χ2v) is 8.28. The van der Waals surface area contributed by atoms with Gasteiger partial charge in [0.1, 0.15) is 6.54 Å². The van der Waals surface area contributed by atoms with Crippen molar-refractivity contribution in [2.75, 3.05) is 10.8 Å². The molecular formula is C22H22N2O3S. The molecule has 6 heteroatoms. The number of hydrogen-bond acceptors (Lipinski definition) is 3. The second-order valence-electron chi connectivity index (χ2n) is 6.42. The van der Waals surface area contributed by atoms with Crippen molar-refractivity contribution in [3.05, 3.63) is 96.1 Å². The molecule has 3 aromatic carbocycles. The number of aryl methyl sites for hydroxylation is 1. The first kappa shape index (κ1) is 19.6. The predicted molar refractivity (Wildman–Crippen MR) is 110 cm³/mol. The molecule has 0 saturated heterocycles. The summed E-state index contributed by atoms with van der Waals surface area (Å²) in [6.45, 7) is 1.93. The number of carbonyl (C=O) groups is 1. The molecule has 144 valence electrons. The number of hydrogen-bond donors (Lipinski definition) is 1. The highest BCUT2D eigenvalue weighted by molar-refractivity contribution is 7.92. The molecule has 0 bridgehead atoms. The van der Waals surface area contributed by atoms with Gasteiger partial charge in [0.25, 0.3) is 10.0 Å². The van der Waals surface area contributed by atoms with Crippen molar-refractivity contribution in [1.29, 1.82) is 0 Å². The van der Waals surface area contributed by atoms with Crippen LogP contribution in [0.3, 0.4) is 0 Å². The van der Waals surface area contributed by atoms with E-state index in [0.29, 0.717) is 12.2 Å². The number of carbonyl (C=O) groups excluding carboxylic acids is 1. The minimum atomic E-state index is -3.88. The van der Waals surface area contributed by atoms with Gasteiger partial charge in [0, 0.05) is 6.54 Å². The summed E-state index contributed by atoms with van der Waals surface area (Å²) in [5.74, 6) is -0.372. The van der Waals surface area contributed by atoms with Crippen molar-refractivity contribution in [1.82, 2.24) is 5.32 Å². The Morgan fingerprint density at radius 2 is 1.43 bits per heavy atom. The Labute approximate surface area is 165 Å². The van der Waals surface area contributed by atoms with E-state index in [1.54, 1.807) is 54.6 Å². The van der Waals surface area contributed by atoms with Crippen LogP contribution in [0.15, 0.2) is 89.8 Å². The van der Waals surface area contributed by atoms with E-state index in [2.05, 4.69) is 5.32 Å². The van der Waals surface area contributed by atoms with Gasteiger partial charge in [-0.15, -0.1) is 0 Å². The van der Waals surface area contributed by atoms with E-state index in [9.17, 15) is 13.2 Å². The summed E-state index contributed by atoms with van der Waals surface area (Å²) in [5, 5.41) is 2.79. The minimum Gasteiger partial charge on any atom is -0.350 e. The van der Waals surface area contributed by atoms with E-state index >= 15 is 0 Å². The lowest BCUT2D eigenvalue weighted by atomic mass is 10.2. The van der Waals surface area contributed by atoms with Crippen molar-refractivity contribution in [2.24, 2.45) is 0 Å². The molecule has 1 amide bonds. The van der Waals surface area contributed by atoms with Gasteiger partial charge in [-0.25, -0.2) is 8.42 Å². The topological polar surface area (TPSA) is 66.5 Å². The zero-order valence-electron chi connectivity index (χ0n) is 15.6. The maximum atomic E-state index is 13.2. The van der Waals surface area contributed by atoms with Gasteiger partial charge in [0.05, 0.1) is 10.6 Å². The van der Waals surface area contributed by atoms with Crippen LogP contribution >= 0.6 is 0 Å². The molecule has 0 fully saturated rings. The third kappa shape index (κ3) is 4.78. The highest BCUT2D eigenvalue weighted by Crippen LogP contribution is 2.23. The average Bonchev–Trinajstić information content (AvgIpc) is 2.72. The number of para-hydroxylation sites is 1. The van der Waals surface area contributed by atoms with Crippen molar-refractivity contribution >= 4 is 21.6 Å². The third-order valence-electron chi connectivity index (χ3n) is 4.27. The molecule has 1 N–H and O–H groups in total. The summed E-state index contributed by atoms with van der Waals surface area (Å²) < 4.78 is 27.5. The van der Waals surface area contributed by atoms with Crippen LogP contribution in [0.1, 0.15) is 11.1 Å². The number of anilines is 1. The summed E-state index contributed by atoms with van der Waals surface area (Å²) in [6.07, 6.45) is 0. The summed E-state index contributed by atoms with van der Waals surface area (Å²) in [5.41, 5.74) is 2.35. The van der Waals surface area contributed by atoms with Crippen LogP contribution in [0, 0.1) is 6.92 Å². The Bertz CT molecular complexity index is 1020. The Morgan fingerprint density at radius 1 is 0.857 bits per heavy atom. The zero-order chi connectivity index (χ0) is 20.0.